The van der Waals surface area contributed by atoms with E-state index in [1.165, 1.54) is 18.5 Å². The number of rotatable bonds is 8. The van der Waals surface area contributed by atoms with Crippen LogP contribution in [-0.2, 0) is 27.2 Å². The molecule has 1 aliphatic rings. The molecule has 0 spiro atoms. The summed E-state index contributed by atoms with van der Waals surface area (Å²) in [4.78, 5) is 11.8. The van der Waals surface area contributed by atoms with E-state index in [4.69, 9.17) is 14.6 Å². The van der Waals surface area contributed by atoms with Gasteiger partial charge >= 0.3 is 5.97 Å². The van der Waals surface area contributed by atoms with E-state index >= 15 is 0 Å². The van der Waals surface area contributed by atoms with Crippen LogP contribution in [0.1, 0.15) is 59.1 Å². The molecule has 2 aromatic rings. The zero-order valence-corrected chi connectivity index (χ0v) is 20.8. The molecule has 0 radical (unpaired) electrons. The van der Waals surface area contributed by atoms with Gasteiger partial charge < -0.3 is 9.47 Å². The molecule has 0 N–H and O–H groups in total. The van der Waals surface area contributed by atoms with Gasteiger partial charge in [0, 0.05) is 12.1 Å². The second kappa shape index (κ2) is 10.8. The summed E-state index contributed by atoms with van der Waals surface area (Å²) in [7, 11) is 0. The lowest BCUT2D eigenvalue weighted by Gasteiger charge is -2.28. The summed E-state index contributed by atoms with van der Waals surface area (Å²) in [6, 6.07) is 10.4. The number of ether oxygens (including phenoxy) is 2. The lowest BCUT2D eigenvalue weighted by molar-refractivity contribution is -0.160. The van der Waals surface area contributed by atoms with Gasteiger partial charge in [0.15, 0.2) is 0 Å². The molecule has 5 nitrogen and oxygen atoms in total. The molecule has 0 atom stereocenters. The second-order valence-electron chi connectivity index (χ2n) is 9.50. The largest absolute Gasteiger partial charge is 0.458 e. The van der Waals surface area contributed by atoms with Crippen LogP contribution in [0.3, 0.4) is 0 Å². The number of esters is 1. The van der Waals surface area contributed by atoms with Crippen molar-refractivity contribution in [3.8, 4) is 11.3 Å². The molecule has 1 aromatic heterocycles. The third-order valence-electron chi connectivity index (χ3n) is 5.77. The van der Waals surface area contributed by atoms with Crippen molar-refractivity contribution in [2.24, 2.45) is 11.8 Å². The summed E-state index contributed by atoms with van der Waals surface area (Å²) < 4.78 is 14.3. The van der Waals surface area contributed by atoms with E-state index in [0.29, 0.717) is 18.4 Å². The molecule has 3 rings (SSSR count). The van der Waals surface area contributed by atoms with Crippen molar-refractivity contribution in [1.82, 2.24) is 9.78 Å². The predicted octanol–water partition coefficient (Wildman–Crippen LogP) is 6.04. The van der Waals surface area contributed by atoms with Crippen molar-refractivity contribution in [1.29, 1.82) is 0 Å². The molecule has 31 heavy (non-hydrogen) atoms. The van der Waals surface area contributed by atoms with Gasteiger partial charge in [-0.1, -0.05) is 37.3 Å². The Hall–Kier alpha value is -1.66. The first kappa shape index (κ1) is 24.0. The zero-order chi connectivity index (χ0) is 22.4. The maximum atomic E-state index is 11.8. The lowest BCUT2D eigenvalue weighted by Crippen LogP contribution is -2.28. The molecule has 0 unspecified atom stereocenters. The summed E-state index contributed by atoms with van der Waals surface area (Å²) in [6.45, 7) is 9.44. The Balaban J connectivity index is 1.49. The molecule has 1 heterocycles. The van der Waals surface area contributed by atoms with Crippen LogP contribution in [0.4, 0.5) is 0 Å². The average Bonchev–Trinajstić information content (AvgIpc) is 3.03. The monoisotopic (exact) mass is 490 g/mol. The van der Waals surface area contributed by atoms with E-state index in [2.05, 4.69) is 51.8 Å². The van der Waals surface area contributed by atoms with E-state index in [-0.39, 0.29) is 12.6 Å². The predicted molar refractivity (Wildman–Crippen MR) is 127 cm³/mol. The summed E-state index contributed by atoms with van der Waals surface area (Å²) in [6.07, 6.45) is 5.56. The topological polar surface area (TPSA) is 53.4 Å². The molecule has 1 aliphatic carbocycles. The average molecular weight is 491 g/mol. The maximum Gasteiger partial charge on any atom is 0.332 e. The number of aromatic nitrogens is 2. The van der Waals surface area contributed by atoms with Gasteiger partial charge in [0.25, 0.3) is 0 Å². The SMILES string of the molecule is CCc1c(Br)c(-c2ccccc2)nn1C[C@H]1CC[C@H](COCC(=O)OC(C)(C)C)CC1. The second-order valence-corrected chi connectivity index (χ2v) is 10.3. The molecular formula is C25H35BrN2O3. The van der Waals surface area contributed by atoms with Gasteiger partial charge in [-0.3, -0.25) is 4.68 Å². The van der Waals surface area contributed by atoms with Crippen LogP contribution in [0.15, 0.2) is 34.8 Å². The Morgan fingerprint density at radius 1 is 1.13 bits per heavy atom. The Bertz CT molecular complexity index is 850. The smallest absolute Gasteiger partial charge is 0.332 e. The Morgan fingerprint density at radius 2 is 1.77 bits per heavy atom. The van der Waals surface area contributed by atoms with Gasteiger partial charge in [-0.05, 0) is 80.6 Å². The molecule has 1 aromatic carbocycles. The molecule has 0 amide bonds. The highest BCUT2D eigenvalue weighted by Crippen LogP contribution is 2.34. The van der Waals surface area contributed by atoms with Gasteiger partial charge in [0.1, 0.15) is 17.9 Å². The van der Waals surface area contributed by atoms with E-state index in [0.717, 1.165) is 41.5 Å². The molecule has 0 aliphatic heterocycles. The Morgan fingerprint density at radius 3 is 2.39 bits per heavy atom. The molecule has 1 saturated carbocycles. The highest BCUT2D eigenvalue weighted by molar-refractivity contribution is 9.10. The summed E-state index contributed by atoms with van der Waals surface area (Å²) in [5.74, 6) is 0.864. The van der Waals surface area contributed by atoms with Gasteiger partial charge in [-0.15, -0.1) is 0 Å². The molecule has 170 valence electrons. The van der Waals surface area contributed by atoms with Crippen LogP contribution >= 0.6 is 15.9 Å². The van der Waals surface area contributed by atoms with Crippen molar-refractivity contribution < 1.29 is 14.3 Å². The van der Waals surface area contributed by atoms with Crippen LogP contribution in [0.2, 0.25) is 0 Å². The van der Waals surface area contributed by atoms with Gasteiger partial charge in [-0.25, -0.2) is 4.79 Å². The fourth-order valence-corrected chi connectivity index (χ4v) is 5.04. The van der Waals surface area contributed by atoms with Crippen molar-refractivity contribution in [2.45, 2.75) is 71.9 Å². The Kier molecular flexibility index (Phi) is 8.34. The minimum atomic E-state index is -0.461. The number of nitrogens with zero attached hydrogens (tertiary/aromatic N) is 2. The summed E-state index contributed by atoms with van der Waals surface area (Å²) in [5.41, 5.74) is 2.98. The van der Waals surface area contributed by atoms with E-state index in [1.54, 1.807) is 0 Å². The quantitative estimate of drug-likeness (QED) is 0.423. The number of carbonyl (C=O) groups is 1. The lowest BCUT2D eigenvalue weighted by atomic mass is 9.82. The number of benzene rings is 1. The number of hydrogen-bond donors (Lipinski definition) is 0. The van der Waals surface area contributed by atoms with Gasteiger partial charge in [0.2, 0.25) is 0 Å². The van der Waals surface area contributed by atoms with E-state index in [9.17, 15) is 4.79 Å². The first-order valence-electron chi connectivity index (χ1n) is 11.4. The van der Waals surface area contributed by atoms with Crippen molar-refractivity contribution >= 4 is 21.9 Å². The molecule has 0 bridgehead atoms. The van der Waals surface area contributed by atoms with Crippen molar-refractivity contribution in [2.75, 3.05) is 13.2 Å². The third-order valence-corrected chi connectivity index (χ3v) is 6.60. The number of halogens is 1. The minimum absolute atomic E-state index is 0.0423. The standard InChI is InChI=1S/C25H35BrN2O3/c1-5-21-23(26)24(20-9-7-6-8-10-20)27-28(21)15-18-11-13-19(14-12-18)16-30-17-22(29)31-25(2,3)4/h6-10,18-19H,5,11-17H2,1-4H3/t18-,19-. The maximum absolute atomic E-state index is 11.8. The fraction of sp³-hybridized carbons (Fsp3) is 0.600. The van der Waals surface area contributed by atoms with E-state index < -0.39 is 5.60 Å². The Labute approximate surface area is 194 Å². The first-order chi connectivity index (χ1) is 14.8. The van der Waals surface area contributed by atoms with Crippen LogP contribution in [-0.4, -0.2) is 34.6 Å². The number of carbonyl (C=O) groups excluding carboxylic acids is 1. The molecule has 6 heteroatoms. The minimum Gasteiger partial charge on any atom is -0.458 e. The normalized spacial score (nSPS) is 19.4. The van der Waals surface area contributed by atoms with Gasteiger partial charge in [0.05, 0.1) is 16.8 Å². The van der Waals surface area contributed by atoms with Crippen LogP contribution in [0.25, 0.3) is 11.3 Å². The molecule has 1 fully saturated rings. The third kappa shape index (κ3) is 6.91. The highest BCUT2D eigenvalue weighted by Gasteiger charge is 2.25. The van der Waals surface area contributed by atoms with Crippen molar-refractivity contribution in [3.63, 3.8) is 0 Å². The number of hydrogen-bond acceptors (Lipinski definition) is 4. The molecular weight excluding hydrogens is 456 g/mol. The fourth-order valence-electron chi connectivity index (χ4n) is 4.25. The zero-order valence-electron chi connectivity index (χ0n) is 19.2. The van der Waals surface area contributed by atoms with Crippen LogP contribution in [0.5, 0.6) is 0 Å². The first-order valence-corrected chi connectivity index (χ1v) is 12.2. The van der Waals surface area contributed by atoms with Crippen LogP contribution in [0, 0.1) is 11.8 Å². The highest BCUT2D eigenvalue weighted by atomic mass is 79.9. The van der Waals surface area contributed by atoms with Gasteiger partial charge in [-0.2, -0.15) is 5.10 Å². The summed E-state index contributed by atoms with van der Waals surface area (Å²) >= 11 is 3.79. The van der Waals surface area contributed by atoms with Crippen molar-refractivity contribution in [3.05, 3.63) is 40.5 Å². The van der Waals surface area contributed by atoms with E-state index in [1.807, 2.05) is 26.8 Å². The summed E-state index contributed by atoms with van der Waals surface area (Å²) in [5, 5.41) is 4.96. The van der Waals surface area contributed by atoms with Crippen LogP contribution < -0.4 is 0 Å². The molecule has 0 saturated heterocycles.